The quantitative estimate of drug-likeness (QED) is 0.420. The first kappa shape index (κ1) is 23.6. The topological polar surface area (TPSA) is 121 Å². The molecule has 182 valence electrons. The van der Waals surface area contributed by atoms with E-state index in [1.807, 2.05) is 0 Å². The number of rotatable bonds is 5. The summed E-state index contributed by atoms with van der Waals surface area (Å²) in [6.07, 6.45) is 6.34. The van der Waals surface area contributed by atoms with Crippen LogP contribution in [-0.2, 0) is 23.4 Å². The number of sulfone groups is 1. The number of fused-ring (bicyclic) bond motifs is 1. The summed E-state index contributed by atoms with van der Waals surface area (Å²) in [4.78, 5) is 26.7. The molecule has 3 aromatic heterocycles. The molecule has 0 radical (unpaired) electrons. The first-order valence-corrected chi connectivity index (χ1v) is 13.2. The number of amides is 1. The first-order chi connectivity index (χ1) is 16.6. The van der Waals surface area contributed by atoms with Crippen molar-refractivity contribution in [3.63, 3.8) is 0 Å². The second-order valence-corrected chi connectivity index (χ2v) is 11.5. The lowest BCUT2D eigenvalue weighted by Crippen LogP contribution is -2.25. The maximum Gasteiger partial charge on any atom is 0.261 e. The third-order valence-electron chi connectivity index (χ3n) is 5.93. The standard InChI is InChI=1S/C22H20Cl2N6O4S/c1-28-10-14(7-25-28)27-21(31)17-11-29(9-13-2-3-18(23)19(24)6-13)22(32)16-8-26-30(20(16)17)15-4-5-35(33,34)12-15/h2-3,6-8,10-11,15H,4-5,9,12H2,1H3,(H,27,31). The third-order valence-corrected chi connectivity index (χ3v) is 8.41. The summed E-state index contributed by atoms with van der Waals surface area (Å²) in [6, 6.07) is 4.57. The van der Waals surface area contributed by atoms with E-state index in [1.165, 1.54) is 27.8 Å². The molecule has 10 nitrogen and oxygen atoms in total. The fourth-order valence-corrected chi connectivity index (χ4v) is 6.28. The smallest absolute Gasteiger partial charge is 0.261 e. The van der Waals surface area contributed by atoms with Gasteiger partial charge in [0.25, 0.3) is 11.5 Å². The fourth-order valence-electron chi connectivity index (χ4n) is 4.27. The molecule has 1 atom stereocenters. The molecule has 0 bridgehead atoms. The van der Waals surface area contributed by atoms with E-state index in [1.54, 1.807) is 36.1 Å². The van der Waals surface area contributed by atoms with Gasteiger partial charge in [0, 0.05) is 19.4 Å². The van der Waals surface area contributed by atoms with Crippen molar-refractivity contribution in [2.45, 2.75) is 19.0 Å². The van der Waals surface area contributed by atoms with Crippen molar-refractivity contribution in [1.29, 1.82) is 0 Å². The molecule has 1 N–H and O–H groups in total. The molecule has 4 aromatic rings. The lowest BCUT2D eigenvalue weighted by molar-refractivity contribution is 0.102. The Hall–Kier alpha value is -3.15. The van der Waals surface area contributed by atoms with Crippen LogP contribution >= 0.6 is 23.2 Å². The van der Waals surface area contributed by atoms with Crippen molar-refractivity contribution in [1.82, 2.24) is 24.1 Å². The maximum atomic E-state index is 13.4. The molecule has 1 aromatic carbocycles. The highest BCUT2D eigenvalue weighted by molar-refractivity contribution is 7.91. The number of carbonyl (C=O) groups is 1. The molecule has 1 amide bonds. The van der Waals surface area contributed by atoms with Gasteiger partial charge >= 0.3 is 0 Å². The van der Waals surface area contributed by atoms with Crippen LogP contribution in [0.15, 0.2) is 47.8 Å². The van der Waals surface area contributed by atoms with E-state index >= 15 is 0 Å². The molecule has 1 fully saturated rings. The molecular weight excluding hydrogens is 515 g/mol. The molecule has 1 unspecified atom stereocenters. The van der Waals surface area contributed by atoms with Crippen LogP contribution in [-0.4, -0.2) is 50.0 Å². The Kier molecular flexibility index (Phi) is 5.94. The second-order valence-electron chi connectivity index (χ2n) is 8.49. The number of aromatic nitrogens is 5. The number of nitrogens with one attached hydrogen (secondary N) is 1. The Morgan fingerprint density at radius 2 is 1.97 bits per heavy atom. The van der Waals surface area contributed by atoms with E-state index in [4.69, 9.17) is 23.2 Å². The number of pyridine rings is 1. The van der Waals surface area contributed by atoms with Crippen LogP contribution in [0.25, 0.3) is 10.9 Å². The molecule has 13 heteroatoms. The predicted molar refractivity (Wildman–Crippen MR) is 133 cm³/mol. The summed E-state index contributed by atoms with van der Waals surface area (Å²) >= 11 is 12.1. The first-order valence-electron chi connectivity index (χ1n) is 10.7. The summed E-state index contributed by atoms with van der Waals surface area (Å²) in [6.45, 7) is 0.141. The Morgan fingerprint density at radius 3 is 2.63 bits per heavy atom. The molecule has 1 aliphatic heterocycles. The van der Waals surface area contributed by atoms with E-state index in [0.717, 1.165) is 0 Å². The van der Waals surface area contributed by atoms with E-state index in [9.17, 15) is 18.0 Å². The van der Waals surface area contributed by atoms with Gasteiger partial charge in [-0.1, -0.05) is 29.3 Å². The molecule has 1 aliphatic rings. The Labute approximate surface area is 210 Å². The maximum absolute atomic E-state index is 13.4. The molecule has 0 saturated carbocycles. The number of nitrogens with zero attached hydrogens (tertiary/aromatic N) is 5. The Balaban J connectivity index is 1.64. The summed E-state index contributed by atoms with van der Waals surface area (Å²) < 4.78 is 28.6. The summed E-state index contributed by atoms with van der Waals surface area (Å²) in [5.74, 6) is -0.543. The largest absolute Gasteiger partial charge is 0.319 e. The number of aryl methyl sites for hydroxylation is 1. The van der Waals surface area contributed by atoms with Gasteiger partial charge in [0.1, 0.15) is 0 Å². The average Bonchev–Trinajstić information content (AvgIpc) is 3.51. The van der Waals surface area contributed by atoms with Crippen LogP contribution in [0.2, 0.25) is 10.0 Å². The molecule has 35 heavy (non-hydrogen) atoms. The van der Waals surface area contributed by atoms with Gasteiger partial charge in [-0.25, -0.2) is 8.42 Å². The van der Waals surface area contributed by atoms with Gasteiger partial charge in [-0.3, -0.25) is 19.0 Å². The van der Waals surface area contributed by atoms with Crippen LogP contribution in [0, 0.1) is 0 Å². The number of benzene rings is 1. The van der Waals surface area contributed by atoms with Gasteiger partial charge < -0.3 is 9.88 Å². The van der Waals surface area contributed by atoms with Gasteiger partial charge in [0.15, 0.2) is 9.84 Å². The predicted octanol–water partition coefficient (Wildman–Crippen LogP) is 2.90. The van der Waals surface area contributed by atoms with E-state index in [-0.39, 0.29) is 34.6 Å². The normalized spacial score (nSPS) is 17.2. The lowest BCUT2D eigenvalue weighted by atomic mass is 10.1. The van der Waals surface area contributed by atoms with Crippen LogP contribution in [0.5, 0.6) is 0 Å². The molecule has 0 spiro atoms. The zero-order valence-corrected chi connectivity index (χ0v) is 20.8. The van der Waals surface area contributed by atoms with Crippen molar-refractivity contribution < 1.29 is 13.2 Å². The van der Waals surface area contributed by atoms with Crippen molar-refractivity contribution >= 4 is 55.5 Å². The van der Waals surface area contributed by atoms with Crippen molar-refractivity contribution in [3.8, 4) is 0 Å². The number of carbonyl (C=O) groups excluding carboxylic acids is 1. The van der Waals surface area contributed by atoms with Crippen LogP contribution < -0.4 is 10.9 Å². The highest BCUT2D eigenvalue weighted by Gasteiger charge is 2.32. The third kappa shape index (κ3) is 4.58. The lowest BCUT2D eigenvalue weighted by Gasteiger charge is -2.15. The number of halogens is 2. The highest BCUT2D eigenvalue weighted by Crippen LogP contribution is 2.29. The van der Waals surface area contributed by atoms with Gasteiger partial charge in [-0.15, -0.1) is 0 Å². The minimum atomic E-state index is -3.21. The Morgan fingerprint density at radius 1 is 1.17 bits per heavy atom. The molecular formula is C22H20Cl2N6O4S. The van der Waals surface area contributed by atoms with Crippen molar-refractivity contribution in [3.05, 3.63) is 74.5 Å². The van der Waals surface area contributed by atoms with Crippen LogP contribution in [0.4, 0.5) is 5.69 Å². The molecule has 4 heterocycles. The highest BCUT2D eigenvalue weighted by atomic mass is 35.5. The van der Waals surface area contributed by atoms with Crippen molar-refractivity contribution in [2.75, 3.05) is 16.8 Å². The zero-order chi connectivity index (χ0) is 24.9. The van der Waals surface area contributed by atoms with E-state index in [0.29, 0.717) is 33.2 Å². The summed E-state index contributed by atoms with van der Waals surface area (Å²) in [5.41, 5.74) is 1.31. The average molecular weight is 535 g/mol. The van der Waals surface area contributed by atoms with E-state index in [2.05, 4.69) is 15.5 Å². The second kappa shape index (κ2) is 8.81. The van der Waals surface area contributed by atoms with Crippen molar-refractivity contribution in [2.24, 2.45) is 7.05 Å². The van der Waals surface area contributed by atoms with Gasteiger partial charge in [-0.05, 0) is 24.1 Å². The van der Waals surface area contributed by atoms with Crippen LogP contribution in [0.3, 0.4) is 0 Å². The number of anilines is 1. The monoisotopic (exact) mass is 534 g/mol. The van der Waals surface area contributed by atoms with Gasteiger partial charge in [-0.2, -0.15) is 10.2 Å². The van der Waals surface area contributed by atoms with Crippen LogP contribution in [0.1, 0.15) is 28.4 Å². The van der Waals surface area contributed by atoms with Gasteiger partial charge in [0.2, 0.25) is 0 Å². The molecule has 5 rings (SSSR count). The molecule has 1 saturated heterocycles. The number of hydrogen-bond donors (Lipinski definition) is 1. The zero-order valence-electron chi connectivity index (χ0n) is 18.5. The van der Waals surface area contributed by atoms with E-state index < -0.39 is 21.8 Å². The fraction of sp³-hybridized carbons (Fsp3) is 0.273. The summed E-state index contributed by atoms with van der Waals surface area (Å²) in [7, 11) is -1.49. The minimum absolute atomic E-state index is 0.0324. The SMILES string of the molecule is Cn1cc(NC(=O)c2cn(Cc3ccc(Cl)c(Cl)c3)c(=O)c3cnn(C4CCS(=O)(=O)C4)c23)cn1. The minimum Gasteiger partial charge on any atom is -0.319 e. The van der Waals surface area contributed by atoms with Gasteiger partial charge in [0.05, 0.1) is 68.7 Å². The summed E-state index contributed by atoms with van der Waals surface area (Å²) in [5, 5.41) is 12.1. The Bertz CT molecular complexity index is 1640. The number of hydrogen-bond acceptors (Lipinski definition) is 6. The molecule has 0 aliphatic carbocycles.